The lowest BCUT2D eigenvalue weighted by Gasteiger charge is -2.03. The molecule has 0 aliphatic rings. The summed E-state index contributed by atoms with van der Waals surface area (Å²) in [6.07, 6.45) is 1.53. The third kappa shape index (κ3) is 3.91. The van der Waals surface area contributed by atoms with Crippen LogP contribution < -0.4 is 5.43 Å². The Bertz CT molecular complexity index is 655. The summed E-state index contributed by atoms with van der Waals surface area (Å²) < 4.78 is 1.68. The van der Waals surface area contributed by atoms with Crippen LogP contribution >= 0.6 is 31.9 Å². The summed E-state index contributed by atoms with van der Waals surface area (Å²) in [5, 5.41) is 13.5. The molecule has 0 fully saturated rings. The number of halogens is 2. The van der Waals surface area contributed by atoms with Crippen molar-refractivity contribution in [3.63, 3.8) is 0 Å². The van der Waals surface area contributed by atoms with Gasteiger partial charge in [0.2, 0.25) is 0 Å². The maximum atomic E-state index is 11.8. The highest BCUT2D eigenvalue weighted by atomic mass is 79.9. The van der Waals surface area contributed by atoms with Crippen LogP contribution in [0.4, 0.5) is 0 Å². The molecule has 1 amide bonds. The minimum Gasteiger partial charge on any atom is -0.507 e. The number of aromatic hydroxyl groups is 1. The van der Waals surface area contributed by atoms with Crippen LogP contribution in [0.3, 0.4) is 0 Å². The molecule has 0 heterocycles. The van der Waals surface area contributed by atoms with Crippen molar-refractivity contribution < 1.29 is 9.90 Å². The average molecular weight is 398 g/mol. The summed E-state index contributed by atoms with van der Waals surface area (Å²) in [6, 6.07) is 12.1. The molecule has 0 bridgehead atoms. The molecule has 0 aromatic heterocycles. The van der Waals surface area contributed by atoms with E-state index in [4.69, 9.17) is 0 Å². The van der Waals surface area contributed by atoms with Gasteiger partial charge in [-0.3, -0.25) is 4.79 Å². The average Bonchev–Trinajstić information content (AvgIpc) is 2.43. The van der Waals surface area contributed by atoms with Gasteiger partial charge < -0.3 is 5.11 Å². The van der Waals surface area contributed by atoms with Crippen LogP contribution in [0.5, 0.6) is 5.75 Å². The number of carbonyl (C=O) groups is 1. The lowest BCUT2D eigenvalue weighted by Crippen LogP contribution is -2.17. The first-order valence-corrected chi connectivity index (χ1v) is 7.22. The molecule has 0 unspecified atom stereocenters. The van der Waals surface area contributed by atoms with E-state index in [-0.39, 0.29) is 11.3 Å². The standard InChI is InChI=1S/C14H10Br2N2O2/c15-10-3-1-9(2-4-10)8-17-18-14(20)12-7-11(16)5-6-13(12)19/h1-8,19H,(H,18,20)/b17-8+. The molecule has 0 radical (unpaired) electrons. The monoisotopic (exact) mass is 396 g/mol. The highest BCUT2D eigenvalue weighted by Crippen LogP contribution is 2.21. The van der Waals surface area contributed by atoms with Crippen LogP contribution in [0, 0.1) is 0 Å². The molecular formula is C14H10Br2N2O2. The van der Waals surface area contributed by atoms with Gasteiger partial charge in [-0.05, 0) is 35.9 Å². The Labute approximate surface area is 132 Å². The molecule has 0 atom stereocenters. The zero-order chi connectivity index (χ0) is 14.5. The number of nitrogens with zero attached hydrogens (tertiary/aromatic N) is 1. The fourth-order valence-electron chi connectivity index (χ4n) is 1.46. The Kier molecular flexibility index (Phi) is 4.92. The molecule has 2 aromatic carbocycles. The number of benzene rings is 2. The summed E-state index contributed by atoms with van der Waals surface area (Å²) in [5.41, 5.74) is 3.38. The SMILES string of the molecule is O=C(N/N=C/c1ccc(Br)cc1)c1cc(Br)ccc1O. The Balaban J connectivity index is 2.05. The summed E-state index contributed by atoms with van der Waals surface area (Å²) in [4.78, 5) is 11.8. The van der Waals surface area contributed by atoms with Gasteiger partial charge in [-0.1, -0.05) is 44.0 Å². The van der Waals surface area contributed by atoms with Crippen LogP contribution in [0.1, 0.15) is 15.9 Å². The van der Waals surface area contributed by atoms with Crippen LogP contribution in [0.25, 0.3) is 0 Å². The van der Waals surface area contributed by atoms with Crippen molar-refractivity contribution in [3.8, 4) is 5.75 Å². The smallest absolute Gasteiger partial charge is 0.275 e. The van der Waals surface area contributed by atoms with Gasteiger partial charge in [0.1, 0.15) is 5.75 Å². The van der Waals surface area contributed by atoms with Crippen LogP contribution in [-0.2, 0) is 0 Å². The maximum absolute atomic E-state index is 11.8. The highest BCUT2D eigenvalue weighted by Gasteiger charge is 2.10. The minimum absolute atomic E-state index is 0.0930. The van der Waals surface area contributed by atoms with Gasteiger partial charge in [0.15, 0.2) is 0 Å². The molecule has 2 rings (SSSR count). The van der Waals surface area contributed by atoms with Crippen LogP contribution in [-0.4, -0.2) is 17.2 Å². The normalized spacial score (nSPS) is 10.7. The number of nitrogens with one attached hydrogen (secondary N) is 1. The van der Waals surface area contributed by atoms with E-state index < -0.39 is 5.91 Å². The third-order valence-electron chi connectivity index (χ3n) is 2.45. The van der Waals surface area contributed by atoms with Crippen molar-refractivity contribution in [2.75, 3.05) is 0 Å². The van der Waals surface area contributed by atoms with Crippen molar-refractivity contribution in [1.29, 1.82) is 0 Å². The third-order valence-corrected chi connectivity index (χ3v) is 3.47. The van der Waals surface area contributed by atoms with E-state index in [9.17, 15) is 9.90 Å². The van der Waals surface area contributed by atoms with E-state index in [1.807, 2.05) is 24.3 Å². The van der Waals surface area contributed by atoms with Gasteiger partial charge in [-0.15, -0.1) is 0 Å². The van der Waals surface area contributed by atoms with Gasteiger partial charge in [0, 0.05) is 8.95 Å². The Morgan fingerprint density at radius 3 is 2.45 bits per heavy atom. The molecule has 6 heteroatoms. The topological polar surface area (TPSA) is 61.7 Å². The summed E-state index contributed by atoms with van der Waals surface area (Å²) in [6.45, 7) is 0. The fraction of sp³-hybridized carbons (Fsp3) is 0. The molecule has 0 aliphatic carbocycles. The zero-order valence-electron chi connectivity index (χ0n) is 10.2. The Hall–Kier alpha value is -1.66. The number of rotatable bonds is 3. The number of amides is 1. The molecule has 2 aromatic rings. The zero-order valence-corrected chi connectivity index (χ0v) is 13.3. The molecule has 0 saturated carbocycles. The van der Waals surface area contributed by atoms with Gasteiger partial charge in [0.05, 0.1) is 11.8 Å². The summed E-state index contributed by atoms with van der Waals surface area (Å²) >= 11 is 6.58. The summed E-state index contributed by atoms with van der Waals surface area (Å²) in [7, 11) is 0. The number of hydrogen-bond donors (Lipinski definition) is 2. The van der Waals surface area contributed by atoms with E-state index >= 15 is 0 Å². The Morgan fingerprint density at radius 1 is 1.10 bits per heavy atom. The van der Waals surface area contributed by atoms with E-state index in [1.165, 1.54) is 18.3 Å². The number of carbonyl (C=O) groups excluding carboxylic acids is 1. The predicted molar refractivity (Wildman–Crippen MR) is 85.0 cm³/mol. The molecule has 4 nitrogen and oxygen atoms in total. The van der Waals surface area contributed by atoms with Gasteiger partial charge in [-0.2, -0.15) is 5.10 Å². The van der Waals surface area contributed by atoms with E-state index in [1.54, 1.807) is 6.07 Å². The molecule has 2 N–H and O–H groups in total. The number of phenols is 1. The molecule has 0 spiro atoms. The molecular weight excluding hydrogens is 388 g/mol. The van der Waals surface area contributed by atoms with Crippen molar-refractivity contribution in [2.45, 2.75) is 0 Å². The van der Waals surface area contributed by atoms with E-state index in [0.29, 0.717) is 4.47 Å². The van der Waals surface area contributed by atoms with Crippen molar-refractivity contribution in [1.82, 2.24) is 5.43 Å². The molecule has 102 valence electrons. The van der Waals surface area contributed by atoms with E-state index in [2.05, 4.69) is 42.4 Å². The van der Waals surface area contributed by atoms with Crippen molar-refractivity contribution in [3.05, 3.63) is 62.5 Å². The lowest BCUT2D eigenvalue weighted by molar-refractivity contribution is 0.0952. The highest BCUT2D eigenvalue weighted by molar-refractivity contribution is 9.10. The second kappa shape index (κ2) is 6.67. The fourth-order valence-corrected chi connectivity index (χ4v) is 2.09. The van der Waals surface area contributed by atoms with E-state index in [0.717, 1.165) is 10.0 Å². The second-order valence-electron chi connectivity index (χ2n) is 3.91. The predicted octanol–water partition coefficient (Wildman–Crippen LogP) is 3.68. The van der Waals surface area contributed by atoms with Gasteiger partial charge in [-0.25, -0.2) is 5.43 Å². The number of phenolic OH excluding ortho intramolecular Hbond substituents is 1. The van der Waals surface area contributed by atoms with Crippen molar-refractivity contribution >= 4 is 44.0 Å². The van der Waals surface area contributed by atoms with Gasteiger partial charge >= 0.3 is 0 Å². The molecule has 0 aliphatic heterocycles. The summed E-state index contributed by atoms with van der Waals surface area (Å²) in [5.74, 6) is -0.568. The maximum Gasteiger partial charge on any atom is 0.275 e. The van der Waals surface area contributed by atoms with Crippen LogP contribution in [0.15, 0.2) is 56.5 Å². The lowest BCUT2D eigenvalue weighted by atomic mass is 10.2. The second-order valence-corrected chi connectivity index (χ2v) is 5.74. The number of hydrazone groups is 1. The molecule has 20 heavy (non-hydrogen) atoms. The van der Waals surface area contributed by atoms with Crippen molar-refractivity contribution in [2.24, 2.45) is 5.10 Å². The first-order valence-electron chi connectivity index (χ1n) is 5.64. The quantitative estimate of drug-likeness (QED) is 0.612. The van der Waals surface area contributed by atoms with Crippen LogP contribution in [0.2, 0.25) is 0 Å². The first-order chi connectivity index (χ1) is 9.56. The van der Waals surface area contributed by atoms with Gasteiger partial charge in [0.25, 0.3) is 5.91 Å². The largest absolute Gasteiger partial charge is 0.507 e. The Morgan fingerprint density at radius 2 is 1.75 bits per heavy atom. The number of hydrogen-bond acceptors (Lipinski definition) is 3. The minimum atomic E-state index is -0.475. The molecule has 0 saturated heterocycles. The first kappa shape index (κ1) is 14.7.